The summed E-state index contributed by atoms with van der Waals surface area (Å²) >= 11 is 4.72. The van der Waals surface area contributed by atoms with Crippen molar-refractivity contribution in [2.75, 3.05) is 0 Å². The lowest BCUT2D eigenvalue weighted by Crippen LogP contribution is -2.18. The number of carbonyl (C=O) groups excluding carboxylic acids is 1. The van der Waals surface area contributed by atoms with Gasteiger partial charge < -0.3 is 9.90 Å². The fourth-order valence-corrected chi connectivity index (χ4v) is 1.90. The van der Waals surface area contributed by atoms with Crippen LogP contribution in [0.15, 0.2) is 22.0 Å². The second kappa shape index (κ2) is 3.69. The summed E-state index contributed by atoms with van der Waals surface area (Å²) in [5.41, 5.74) is 0. The number of halogens is 1. The fourth-order valence-electron chi connectivity index (χ4n) is 0.566. The molecule has 0 saturated carbocycles. The van der Waals surface area contributed by atoms with Gasteiger partial charge in [-0.2, -0.15) is 0 Å². The molecule has 1 rings (SSSR count). The van der Waals surface area contributed by atoms with Gasteiger partial charge in [-0.05, 0) is 34.1 Å². The van der Waals surface area contributed by atoms with Gasteiger partial charge in [-0.1, -0.05) is 0 Å². The third-order valence-corrected chi connectivity index (χ3v) is 2.63. The number of aliphatic carboxylic acids is 1. The van der Waals surface area contributed by atoms with Crippen LogP contribution in [0.3, 0.4) is 0 Å². The van der Waals surface area contributed by atoms with Crippen LogP contribution in [0.1, 0.15) is 4.88 Å². The summed E-state index contributed by atoms with van der Waals surface area (Å²) in [6.07, 6.45) is 2.52. The summed E-state index contributed by atoms with van der Waals surface area (Å²) in [5.74, 6) is -1.17. The van der Waals surface area contributed by atoms with E-state index in [1.165, 1.54) is 17.4 Å². The number of thiophene rings is 1. The minimum Gasteiger partial charge on any atom is -0.545 e. The molecule has 2 nitrogen and oxygen atoms in total. The van der Waals surface area contributed by atoms with E-state index in [0.29, 0.717) is 0 Å². The lowest BCUT2D eigenvalue weighted by Gasteiger charge is -1.87. The summed E-state index contributed by atoms with van der Waals surface area (Å²) in [6, 6.07) is 1.84. The van der Waals surface area contributed by atoms with Crippen LogP contribution >= 0.6 is 27.3 Å². The van der Waals surface area contributed by atoms with Gasteiger partial charge in [-0.25, -0.2) is 0 Å². The van der Waals surface area contributed by atoms with Crippen LogP contribution in [-0.4, -0.2) is 5.97 Å². The highest BCUT2D eigenvalue weighted by Crippen LogP contribution is 2.20. The van der Waals surface area contributed by atoms with Crippen molar-refractivity contribution in [2.24, 2.45) is 0 Å². The Hall–Kier alpha value is -0.610. The van der Waals surface area contributed by atoms with Gasteiger partial charge in [-0.15, -0.1) is 11.3 Å². The Labute approximate surface area is 76.3 Å². The van der Waals surface area contributed by atoms with Crippen molar-refractivity contribution in [1.29, 1.82) is 0 Å². The smallest absolute Gasteiger partial charge is 0.0643 e. The zero-order valence-electron chi connectivity index (χ0n) is 5.41. The van der Waals surface area contributed by atoms with E-state index in [4.69, 9.17) is 0 Å². The Morgan fingerprint density at radius 2 is 2.45 bits per heavy atom. The molecule has 0 aromatic carbocycles. The molecular weight excluding hydrogens is 228 g/mol. The molecule has 4 heteroatoms. The predicted octanol–water partition coefficient (Wildman–Crippen LogP) is 1.27. The maximum Gasteiger partial charge on any atom is 0.0643 e. The zero-order valence-corrected chi connectivity index (χ0v) is 7.81. The topological polar surface area (TPSA) is 40.1 Å². The molecule has 0 fully saturated rings. The Kier molecular flexibility index (Phi) is 2.84. The first-order valence-electron chi connectivity index (χ1n) is 2.81. The molecule has 0 unspecified atom stereocenters. The Bertz CT molecular complexity index is 290. The molecule has 0 radical (unpaired) electrons. The summed E-state index contributed by atoms with van der Waals surface area (Å²) in [4.78, 5) is 10.9. The molecule has 0 aliphatic rings. The second-order valence-corrected chi connectivity index (χ2v) is 3.68. The van der Waals surface area contributed by atoms with Crippen LogP contribution in [0.2, 0.25) is 0 Å². The molecule has 0 N–H and O–H groups in total. The van der Waals surface area contributed by atoms with Gasteiger partial charge in [0.2, 0.25) is 0 Å². The second-order valence-electron chi connectivity index (χ2n) is 1.82. The number of hydrogen-bond acceptors (Lipinski definition) is 3. The fraction of sp³-hybridized carbons (Fsp3) is 0. The molecule has 0 bridgehead atoms. The monoisotopic (exact) mass is 231 g/mol. The zero-order chi connectivity index (χ0) is 8.27. The van der Waals surface area contributed by atoms with Gasteiger partial charge in [0.15, 0.2) is 0 Å². The Morgan fingerprint density at radius 1 is 1.73 bits per heavy atom. The average Bonchev–Trinajstić information content (AvgIpc) is 2.31. The molecule has 0 saturated heterocycles. The molecule has 1 aromatic heterocycles. The summed E-state index contributed by atoms with van der Waals surface area (Å²) < 4.78 is 0.959. The molecule has 0 spiro atoms. The molecule has 58 valence electrons. The lowest BCUT2D eigenvalue weighted by atomic mass is 10.4. The van der Waals surface area contributed by atoms with Crippen molar-refractivity contribution >= 4 is 39.3 Å². The van der Waals surface area contributed by atoms with E-state index >= 15 is 0 Å². The highest BCUT2D eigenvalue weighted by Gasteiger charge is 1.90. The third kappa shape index (κ3) is 2.86. The van der Waals surface area contributed by atoms with Crippen LogP contribution in [0, 0.1) is 0 Å². The first kappa shape index (κ1) is 8.49. The van der Waals surface area contributed by atoms with E-state index in [1.54, 1.807) is 0 Å². The van der Waals surface area contributed by atoms with E-state index in [9.17, 15) is 9.90 Å². The van der Waals surface area contributed by atoms with Gasteiger partial charge in [0.1, 0.15) is 0 Å². The lowest BCUT2D eigenvalue weighted by molar-refractivity contribution is -0.297. The Morgan fingerprint density at radius 3 is 2.91 bits per heavy atom. The maximum absolute atomic E-state index is 9.97. The molecule has 11 heavy (non-hydrogen) atoms. The normalized spacial score (nSPS) is 10.6. The van der Waals surface area contributed by atoms with Crippen molar-refractivity contribution in [3.63, 3.8) is 0 Å². The van der Waals surface area contributed by atoms with E-state index in [-0.39, 0.29) is 0 Å². The SMILES string of the molecule is O=C([O-])/C=C/c1cc(Br)cs1. The highest BCUT2D eigenvalue weighted by molar-refractivity contribution is 9.10. The standard InChI is InChI=1S/C7H5BrO2S/c8-5-3-6(11-4-5)1-2-7(9)10/h1-4H,(H,9,10)/p-1/b2-1+. The van der Waals surface area contributed by atoms with Crippen molar-refractivity contribution in [3.05, 3.63) is 26.9 Å². The average molecular weight is 232 g/mol. The van der Waals surface area contributed by atoms with Gasteiger partial charge >= 0.3 is 0 Å². The molecule has 0 atom stereocenters. The van der Waals surface area contributed by atoms with Gasteiger partial charge in [0.25, 0.3) is 0 Å². The number of rotatable bonds is 2. The first-order valence-corrected chi connectivity index (χ1v) is 4.49. The number of carbonyl (C=O) groups is 1. The van der Waals surface area contributed by atoms with Crippen molar-refractivity contribution < 1.29 is 9.90 Å². The maximum atomic E-state index is 9.97. The number of carboxylic acid groups (broad SMARTS) is 1. The van der Waals surface area contributed by atoms with Crippen LogP contribution < -0.4 is 5.11 Å². The number of carboxylic acids is 1. The van der Waals surface area contributed by atoms with E-state index in [1.807, 2.05) is 11.4 Å². The first-order chi connectivity index (χ1) is 5.18. The van der Waals surface area contributed by atoms with E-state index < -0.39 is 5.97 Å². The third-order valence-electron chi connectivity index (χ3n) is 0.971. The van der Waals surface area contributed by atoms with Crippen LogP contribution in [0.4, 0.5) is 0 Å². The van der Waals surface area contributed by atoms with Crippen LogP contribution in [0.5, 0.6) is 0 Å². The summed E-state index contributed by atoms with van der Waals surface area (Å²) in [5, 5.41) is 11.9. The number of hydrogen-bond donors (Lipinski definition) is 0. The molecule has 0 aliphatic heterocycles. The predicted molar refractivity (Wildman–Crippen MR) is 46.1 cm³/mol. The molecule has 1 aromatic rings. The quantitative estimate of drug-likeness (QED) is 0.720. The Balaban J connectivity index is 2.71. The van der Waals surface area contributed by atoms with Crippen molar-refractivity contribution in [1.82, 2.24) is 0 Å². The van der Waals surface area contributed by atoms with E-state index in [0.717, 1.165) is 15.4 Å². The largest absolute Gasteiger partial charge is 0.545 e. The minimum absolute atomic E-state index is 0.890. The summed E-state index contributed by atoms with van der Waals surface area (Å²) in [6.45, 7) is 0. The van der Waals surface area contributed by atoms with Crippen LogP contribution in [-0.2, 0) is 4.79 Å². The van der Waals surface area contributed by atoms with Crippen LogP contribution in [0.25, 0.3) is 6.08 Å². The van der Waals surface area contributed by atoms with Gasteiger partial charge in [0.05, 0.1) is 5.97 Å². The highest BCUT2D eigenvalue weighted by atomic mass is 79.9. The molecule has 1 heterocycles. The molecule has 0 amide bonds. The van der Waals surface area contributed by atoms with Gasteiger partial charge in [0, 0.05) is 14.7 Å². The van der Waals surface area contributed by atoms with Gasteiger partial charge in [-0.3, -0.25) is 0 Å². The van der Waals surface area contributed by atoms with Crippen molar-refractivity contribution in [2.45, 2.75) is 0 Å². The molecule has 0 aliphatic carbocycles. The van der Waals surface area contributed by atoms with Crippen molar-refractivity contribution in [3.8, 4) is 0 Å². The van der Waals surface area contributed by atoms with E-state index in [2.05, 4.69) is 15.9 Å². The molecular formula is C7H4BrO2S-. The summed E-state index contributed by atoms with van der Waals surface area (Å²) in [7, 11) is 0. The minimum atomic E-state index is -1.17.